The first-order chi connectivity index (χ1) is 15.6. The van der Waals surface area contributed by atoms with E-state index < -0.39 is 0 Å². The Labute approximate surface area is 186 Å². The van der Waals surface area contributed by atoms with Gasteiger partial charge >= 0.3 is 5.97 Å². The molecular formula is C25H26N2O5. The van der Waals surface area contributed by atoms with Crippen LogP contribution in [0.4, 0.5) is 11.4 Å². The van der Waals surface area contributed by atoms with Crippen molar-refractivity contribution in [2.45, 2.75) is 32.1 Å². The minimum atomic E-state index is -0.374. The molecule has 1 heterocycles. The summed E-state index contributed by atoms with van der Waals surface area (Å²) < 4.78 is 10.3. The number of esters is 1. The normalized spacial score (nSPS) is 10.4. The lowest BCUT2D eigenvalue weighted by atomic mass is 10.1. The zero-order valence-electron chi connectivity index (χ0n) is 17.7. The van der Waals surface area contributed by atoms with E-state index in [2.05, 4.69) is 10.6 Å². The van der Waals surface area contributed by atoms with E-state index >= 15 is 0 Å². The Bertz CT molecular complexity index is 1020. The summed E-state index contributed by atoms with van der Waals surface area (Å²) in [5.41, 5.74) is 2.30. The van der Waals surface area contributed by atoms with Crippen LogP contribution in [0.25, 0.3) is 0 Å². The van der Waals surface area contributed by atoms with Crippen molar-refractivity contribution in [3.8, 4) is 0 Å². The topological polar surface area (TPSA) is 97.6 Å². The molecule has 0 saturated heterocycles. The van der Waals surface area contributed by atoms with Crippen LogP contribution in [-0.4, -0.2) is 24.4 Å². The zero-order chi connectivity index (χ0) is 22.6. The standard InChI is InChI=1S/C25H26N2O5/c28-23(14-5-15-24(29)32-17-6-10-19-8-2-1-3-9-19)26-20-11-4-12-21(18-20)27-25(30)22-13-7-16-31-22/h1-4,7-9,11-13,16,18H,5-6,10,14-15,17H2,(H,26,28)(H,27,30). The minimum absolute atomic E-state index is 0.192. The number of furan rings is 1. The number of anilines is 2. The van der Waals surface area contributed by atoms with Gasteiger partial charge in [-0.3, -0.25) is 14.4 Å². The van der Waals surface area contributed by atoms with Gasteiger partial charge in [0.1, 0.15) is 0 Å². The molecule has 0 radical (unpaired) electrons. The van der Waals surface area contributed by atoms with Crippen LogP contribution in [0.1, 0.15) is 41.8 Å². The predicted octanol–water partition coefficient (Wildman–Crippen LogP) is 4.82. The van der Waals surface area contributed by atoms with E-state index in [4.69, 9.17) is 9.15 Å². The number of hydrogen-bond donors (Lipinski definition) is 2. The molecule has 0 bridgehead atoms. The molecule has 0 aliphatic carbocycles. The van der Waals surface area contributed by atoms with Gasteiger partial charge in [-0.05, 0) is 55.2 Å². The highest BCUT2D eigenvalue weighted by Gasteiger charge is 2.10. The van der Waals surface area contributed by atoms with Crippen molar-refractivity contribution in [3.63, 3.8) is 0 Å². The van der Waals surface area contributed by atoms with Crippen molar-refractivity contribution in [3.05, 3.63) is 84.3 Å². The van der Waals surface area contributed by atoms with Crippen LogP contribution in [0.5, 0.6) is 0 Å². The monoisotopic (exact) mass is 434 g/mol. The average molecular weight is 434 g/mol. The first-order valence-corrected chi connectivity index (χ1v) is 10.5. The maximum Gasteiger partial charge on any atom is 0.305 e. The molecule has 2 aromatic carbocycles. The van der Waals surface area contributed by atoms with Gasteiger partial charge in [0.25, 0.3) is 5.91 Å². The number of hydrogen-bond acceptors (Lipinski definition) is 5. The van der Waals surface area contributed by atoms with Crippen LogP contribution in [0.3, 0.4) is 0 Å². The lowest BCUT2D eigenvalue weighted by Crippen LogP contribution is -2.14. The molecule has 2 amide bonds. The fraction of sp³-hybridized carbons (Fsp3) is 0.240. The van der Waals surface area contributed by atoms with Crippen molar-refractivity contribution in [2.75, 3.05) is 17.2 Å². The van der Waals surface area contributed by atoms with Crippen LogP contribution in [-0.2, 0) is 20.7 Å². The van der Waals surface area contributed by atoms with Gasteiger partial charge in [0.2, 0.25) is 5.91 Å². The Hall–Kier alpha value is -3.87. The molecule has 0 saturated carbocycles. The van der Waals surface area contributed by atoms with Gasteiger partial charge < -0.3 is 19.8 Å². The second-order valence-corrected chi connectivity index (χ2v) is 7.22. The zero-order valence-corrected chi connectivity index (χ0v) is 17.7. The lowest BCUT2D eigenvalue weighted by Gasteiger charge is -2.08. The first kappa shape index (κ1) is 22.8. The third-order valence-electron chi connectivity index (χ3n) is 4.65. The number of aryl methyl sites for hydroxylation is 1. The summed E-state index contributed by atoms with van der Waals surface area (Å²) in [4.78, 5) is 36.0. The molecule has 32 heavy (non-hydrogen) atoms. The molecular weight excluding hydrogens is 408 g/mol. The number of nitrogens with one attached hydrogen (secondary N) is 2. The second-order valence-electron chi connectivity index (χ2n) is 7.22. The van der Waals surface area contributed by atoms with E-state index in [0.29, 0.717) is 24.4 Å². The van der Waals surface area contributed by atoms with E-state index in [-0.39, 0.29) is 36.4 Å². The maximum atomic E-state index is 12.2. The summed E-state index contributed by atoms with van der Waals surface area (Å²) in [6.07, 6.45) is 3.84. The third-order valence-corrected chi connectivity index (χ3v) is 4.65. The predicted molar refractivity (Wildman–Crippen MR) is 121 cm³/mol. The highest BCUT2D eigenvalue weighted by Crippen LogP contribution is 2.17. The van der Waals surface area contributed by atoms with E-state index in [1.165, 1.54) is 11.8 Å². The Balaban J connectivity index is 1.32. The van der Waals surface area contributed by atoms with Gasteiger partial charge in [0, 0.05) is 24.2 Å². The molecule has 3 aromatic rings. The molecule has 0 spiro atoms. The van der Waals surface area contributed by atoms with E-state index in [1.807, 2.05) is 30.3 Å². The number of benzene rings is 2. The third kappa shape index (κ3) is 7.75. The molecule has 0 unspecified atom stereocenters. The van der Waals surface area contributed by atoms with Crippen molar-refractivity contribution < 1.29 is 23.5 Å². The molecule has 1 aromatic heterocycles. The smallest absolute Gasteiger partial charge is 0.305 e. The van der Waals surface area contributed by atoms with Crippen molar-refractivity contribution in [1.29, 1.82) is 0 Å². The Morgan fingerprint density at radius 1 is 0.812 bits per heavy atom. The van der Waals surface area contributed by atoms with Gasteiger partial charge in [-0.15, -0.1) is 0 Å². The fourth-order valence-corrected chi connectivity index (χ4v) is 3.07. The van der Waals surface area contributed by atoms with Crippen molar-refractivity contribution in [1.82, 2.24) is 0 Å². The molecule has 0 aliphatic heterocycles. The van der Waals surface area contributed by atoms with Gasteiger partial charge in [-0.2, -0.15) is 0 Å². The van der Waals surface area contributed by atoms with E-state index in [0.717, 1.165) is 12.8 Å². The lowest BCUT2D eigenvalue weighted by molar-refractivity contribution is -0.143. The maximum absolute atomic E-state index is 12.2. The minimum Gasteiger partial charge on any atom is -0.466 e. The van der Waals surface area contributed by atoms with Gasteiger partial charge in [0.15, 0.2) is 5.76 Å². The van der Waals surface area contributed by atoms with E-state index in [1.54, 1.807) is 36.4 Å². The summed E-state index contributed by atoms with van der Waals surface area (Å²) in [5, 5.41) is 5.47. The number of carbonyl (C=O) groups is 3. The van der Waals surface area contributed by atoms with Crippen LogP contribution >= 0.6 is 0 Å². The fourth-order valence-electron chi connectivity index (χ4n) is 3.07. The summed E-state index contributed by atoms with van der Waals surface area (Å²) in [7, 11) is 0. The van der Waals surface area contributed by atoms with Crippen LogP contribution in [0.2, 0.25) is 0 Å². The second kappa shape index (κ2) is 12.1. The summed E-state index contributed by atoms with van der Waals surface area (Å²) in [5.74, 6) is -0.683. The number of amides is 2. The number of carbonyl (C=O) groups excluding carboxylic acids is 3. The molecule has 3 rings (SSSR count). The summed E-state index contributed by atoms with van der Waals surface area (Å²) in [6, 6.07) is 20.0. The molecule has 7 heteroatoms. The van der Waals surface area contributed by atoms with Crippen LogP contribution in [0, 0.1) is 0 Å². The average Bonchev–Trinajstić information content (AvgIpc) is 3.33. The number of ether oxygens (including phenoxy) is 1. The quantitative estimate of drug-likeness (QED) is 0.333. The SMILES string of the molecule is O=C(CCCC(=O)OCCCc1ccccc1)Nc1cccc(NC(=O)c2ccco2)c1. The molecule has 7 nitrogen and oxygen atoms in total. The first-order valence-electron chi connectivity index (χ1n) is 10.5. The molecule has 0 aliphatic rings. The highest BCUT2D eigenvalue weighted by molar-refractivity contribution is 6.02. The van der Waals surface area contributed by atoms with Crippen molar-refractivity contribution >= 4 is 29.2 Å². The molecule has 0 fully saturated rings. The number of rotatable bonds is 11. The molecule has 0 atom stereocenters. The van der Waals surface area contributed by atoms with Gasteiger partial charge in [-0.25, -0.2) is 0 Å². The summed E-state index contributed by atoms with van der Waals surface area (Å²) in [6.45, 7) is 0.371. The highest BCUT2D eigenvalue weighted by atomic mass is 16.5. The largest absolute Gasteiger partial charge is 0.466 e. The molecule has 166 valence electrons. The molecule has 2 N–H and O–H groups in total. The summed E-state index contributed by atoms with van der Waals surface area (Å²) >= 11 is 0. The van der Waals surface area contributed by atoms with E-state index in [9.17, 15) is 14.4 Å². The Morgan fingerprint density at radius 3 is 2.34 bits per heavy atom. The van der Waals surface area contributed by atoms with Gasteiger partial charge in [0.05, 0.1) is 12.9 Å². The Morgan fingerprint density at radius 2 is 1.59 bits per heavy atom. The van der Waals surface area contributed by atoms with Crippen LogP contribution < -0.4 is 10.6 Å². The Kier molecular flexibility index (Phi) is 8.62. The van der Waals surface area contributed by atoms with Crippen LogP contribution in [0.15, 0.2) is 77.4 Å². The van der Waals surface area contributed by atoms with Gasteiger partial charge in [-0.1, -0.05) is 36.4 Å². The van der Waals surface area contributed by atoms with Crippen molar-refractivity contribution in [2.24, 2.45) is 0 Å².